The van der Waals surface area contributed by atoms with Gasteiger partial charge >= 0.3 is 0 Å². The number of aryl methyl sites for hydroxylation is 1. The van der Waals surface area contributed by atoms with Gasteiger partial charge in [-0.3, -0.25) is 0 Å². The van der Waals surface area contributed by atoms with Gasteiger partial charge in [-0.1, -0.05) is 0 Å². The van der Waals surface area contributed by atoms with E-state index in [1.165, 1.54) is 0 Å². The predicted molar refractivity (Wildman–Crippen MR) is 76.3 cm³/mol. The number of hydrogen-bond donors (Lipinski definition) is 2. The number of nitrogens with one attached hydrogen (secondary N) is 1. The topological polar surface area (TPSA) is 72.2 Å². The van der Waals surface area contributed by atoms with Crippen molar-refractivity contribution in [2.75, 3.05) is 18.5 Å². The Morgan fingerprint density at radius 3 is 2.61 bits per heavy atom. The SMILES string of the molecule is CSC1(CNS(=O)(=O)c2ccc(N)cc2C)CC1. The maximum atomic E-state index is 12.2. The number of nitrogens with two attached hydrogens (primary N) is 1. The van der Waals surface area contributed by atoms with E-state index in [9.17, 15) is 8.42 Å². The van der Waals surface area contributed by atoms with E-state index in [0.717, 1.165) is 12.8 Å². The van der Waals surface area contributed by atoms with Crippen molar-refractivity contribution in [1.29, 1.82) is 0 Å². The first-order valence-corrected chi connectivity index (χ1v) is 8.50. The van der Waals surface area contributed by atoms with Crippen LogP contribution in [0.25, 0.3) is 0 Å². The lowest BCUT2D eigenvalue weighted by molar-refractivity contribution is 0.579. The minimum atomic E-state index is -3.43. The second kappa shape index (κ2) is 4.75. The van der Waals surface area contributed by atoms with Crippen molar-refractivity contribution in [2.24, 2.45) is 0 Å². The van der Waals surface area contributed by atoms with Gasteiger partial charge in [0.1, 0.15) is 0 Å². The van der Waals surface area contributed by atoms with Gasteiger partial charge in [0.2, 0.25) is 10.0 Å². The number of nitrogen functional groups attached to an aromatic ring is 1. The highest BCUT2D eigenvalue weighted by atomic mass is 32.2. The molecule has 0 aliphatic heterocycles. The predicted octanol–water partition coefficient (Wildman–Crippen LogP) is 1.75. The molecule has 0 bridgehead atoms. The number of thioether (sulfide) groups is 1. The number of anilines is 1. The number of rotatable bonds is 5. The minimum Gasteiger partial charge on any atom is -0.399 e. The summed E-state index contributed by atoms with van der Waals surface area (Å²) in [5, 5.41) is 0. The van der Waals surface area contributed by atoms with Crippen molar-refractivity contribution < 1.29 is 8.42 Å². The van der Waals surface area contributed by atoms with Gasteiger partial charge < -0.3 is 5.73 Å². The standard InChI is InChI=1S/C12H18N2O2S2/c1-9-7-10(13)3-4-11(9)18(15,16)14-8-12(17-2)5-6-12/h3-4,7,14H,5-6,8,13H2,1-2H3. The molecule has 0 heterocycles. The lowest BCUT2D eigenvalue weighted by Crippen LogP contribution is -2.32. The molecule has 0 aromatic heterocycles. The Morgan fingerprint density at radius 1 is 1.44 bits per heavy atom. The summed E-state index contributed by atoms with van der Waals surface area (Å²) in [6.07, 6.45) is 4.19. The summed E-state index contributed by atoms with van der Waals surface area (Å²) in [5.41, 5.74) is 6.88. The largest absolute Gasteiger partial charge is 0.399 e. The third kappa shape index (κ3) is 2.81. The molecule has 1 aromatic rings. The van der Waals surface area contributed by atoms with Crippen molar-refractivity contribution in [1.82, 2.24) is 4.72 Å². The lowest BCUT2D eigenvalue weighted by atomic mass is 10.2. The van der Waals surface area contributed by atoms with Gasteiger partial charge in [-0.25, -0.2) is 13.1 Å². The fourth-order valence-electron chi connectivity index (χ4n) is 1.87. The molecule has 1 aromatic carbocycles. The zero-order chi connectivity index (χ0) is 13.4. The summed E-state index contributed by atoms with van der Waals surface area (Å²) in [7, 11) is -3.43. The van der Waals surface area contributed by atoms with E-state index in [0.29, 0.717) is 22.7 Å². The average Bonchev–Trinajstić information content (AvgIpc) is 3.07. The van der Waals surface area contributed by atoms with Gasteiger partial charge in [0.05, 0.1) is 4.90 Å². The van der Waals surface area contributed by atoms with Crippen LogP contribution in [-0.4, -0.2) is 26.0 Å². The Morgan fingerprint density at radius 2 is 2.11 bits per heavy atom. The molecule has 4 nitrogen and oxygen atoms in total. The summed E-state index contributed by atoms with van der Waals surface area (Å²) in [4.78, 5) is 0.314. The van der Waals surface area contributed by atoms with Crippen molar-refractivity contribution >= 4 is 27.5 Å². The van der Waals surface area contributed by atoms with Crippen LogP contribution in [0.5, 0.6) is 0 Å². The normalized spacial score (nSPS) is 17.7. The lowest BCUT2D eigenvalue weighted by Gasteiger charge is -2.14. The highest BCUT2D eigenvalue weighted by molar-refractivity contribution is 8.00. The van der Waals surface area contributed by atoms with Crippen LogP contribution in [0, 0.1) is 6.92 Å². The number of sulfonamides is 1. The summed E-state index contributed by atoms with van der Waals surface area (Å²) < 4.78 is 27.2. The van der Waals surface area contributed by atoms with Crippen LogP contribution < -0.4 is 10.5 Å². The van der Waals surface area contributed by atoms with E-state index in [1.807, 2.05) is 6.26 Å². The second-order valence-corrected chi connectivity index (χ2v) is 7.75. The summed E-state index contributed by atoms with van der Waals surface area (Å²) in [5.74, 6) is 0. The zero-order valence-corrected chi connectivity index (χ0v) is 12.2. The molecule has 3 N–H and O–H groups in total. The first-order valence-electron chi connectivity index (χ1n) is 5.79. The molecular weight excluding hydrogens is 268 g/mol. The van der Waals surface area contributed by atoms with Gasteiger partial charge in [0.25, 0.3) is 0 Å². The summed E-state index contributed by atoms with van der Waals surface area (Å²) >= 11 is 1.73. The van der Waals surface area contributed by atoms with Crippen molar-refractivity contribution in [3.05, 3.63) is 23.8 Å². The van der Waals surface area contributed by atoms with Gasteiger partial charge in [0, 0.05) is 17.0 Å². The Hall–Kier alpha value is -0.720. The number of benzene rings is 1. The molecule has 18 heavy (non-hydrogen) atoms. The van der Waals surface area contributed by atoms with Crippen molar-refractivity contribution in [3.63, 3.8) is 0 Å². The van der Waals surface area contributed by atoms with Crippen LogP contribution >= 0.6 is 11.8 Å². The highest BCUT2D eigenvalue weighted by Gasteiger charge is 2.42. The van der Waals surface area contributed by atoms with Crippen LogP contribution in [0.2, 0.25) is 0 Å². The molecule has 2 rings (SSSR count). The molecule has 100 valence electrons. The smallest absolute Gasteiger partial charge is 0.240 e. The van der Waals surface area contributed by atoms with Crippen LogP contribution in [0.1, 0.15) is 18.4 Å². The van der Waals surface area contributed by atoms with Gasteiger partial charge in [0.15, 0.2) is 0 Å². The molecule has 0 atom stereocenters. The molecule has 0 saturated heterocycles. The monoisotopic (exact) mass is 286 g/mol. The van der Waals surface area contributed by atoms with E-state index in [2.05, 4.69) is 4.72 Å². The molecule has 0 radical (unpaired) electrons. The molecule has 6 heteroatoms. The molecule has 0 amide bonds. The molecule has 0 unspecified atom stereocenters. The second-order valence-electron chi connectivity index (χ2n) is 4.74. The first-order chi connectivity index (χ1) is 8.38. The number of hydrogen-bond acceptors (Lipinski definition) is 4. The molecule has 0 spiro atoms. The van der Waals surface area contributed by atoms with Crippen LogP contribution in [-0.2, 0) is 10.0 Å². The third-order valence-electron chi connectivity index (χ3n) is 3.31. The van der Waals surface area contributed by atoms with Crippen LogP contribution in [0.15, 0.2) is 23.1 Å². The van der Waals surface area contributed by atoms with Crippen LogP contribution in [0.3, 0.4) is 0 Å². The van der Waals surface area contributed by atoms with Crippen LogP contribution in [0.4, 0.5) is 5.69 Å². The van der Waals surface area contributed by atoms with Gasteiger partial charge in [-0.15, -0.1) is 0 Å². The molecule has 1 fully saturated rings. The maximum absolute atomic E-state index is 12.2. The van der Waals surface area contributed by atoms with E-state index < -0.39 is 10.0 Å². The van der Waals surface area contributed by atoms with Crippen molar-refractivity contribution in [2.45, 2.75) is 29.4 Å². The zero-order valence-electron chi connectivity index (χ0n) is 10.6. The fraction of sp³-hybridized carbons (Fsp3) is 0.500. The Labute approximate surface area is 112 Å². The van der Waals surface area contributed by atoms with E-state index in [-0.39, 0.29) is 4.75 Å². The van der Waals surface area contributed by atoms with Crippen molar-refractivity contribution in [3.8, 4) is 0 Å². The summed E-state index contributed by atoms with van der Waals surface area (Å²) in [6.45, 7) is 2.26. The highest BCUT2D eigenvalue weighted by Crippen LogP contribution is 2.46. The van der Waals surface area contributed by atoms with E-state index >= 15 is 0 Å². The minimum absolute atomic E-state index is 0.120. The fourth-order valence-corrected chi connectivity index (χ4v) is 4.04. The van der Waals surface area contributed by atoms with E-state index in [4.69, 9.17) is 5.73 Å². The molecule has 1 saturated carbocycles. The Bertz CT molecular complexity index is 551. The average molecular weight is 286 g/mol. The Balaban J connectivity index is 2.15. The van der Waals surface area contributed by atoms with Gasteiger partial charge in [-0.05, 0) is 49.8 Å². The van der Waals surface area contributed by atoms with E-state index in [1.54, 1.807) is 36.9 Å². The first kappa shape index (κ1) is 13.7. The third-order valence-corrected chi connectivity index (χ3v) is 6.29. The summed E-state index contributed by atoms with van der Waals surface area (Å²) in [6, 6.07) is 4.85. The molecule has 1 aliphatic rings. The van der Waals surface area contributed by atoms with Gasteiger partial charge in [-0.2, -0.15) is 11.8 Å². The quantitative estimate of drug-likeness (QED) is 0.809. The maximum Gasteiger partial charge on any atom is 0.240 e. The Kier molecular flexibility index (Phi) is 3.62. The molecular formula is C12H18N2O2S2. The molecule has 1 aliphatic carbocycles.